The molecule has 7 heteroatoms. The third-order valence-electron chi connectivity index (χ3n) is 5.85. The minimum atomic E-state index is -0.795. The van der Waals surface area contributed by atoms with Crippen LogP contribution in [0.1, 0.15) is 104 Å². The molecule has 0 aliphatic heterocycles. The van der Waals surface area contributed by atoms with E-state index in [1.54, 1.807) is 25.7 Å². The van der Waals surface area contributed by atoms with Gasteiger partial charge < -0.3 is 20.3 Å². The first-order chi connectivity index (χ1) is 16.9. The van der Waals surface area contributed by atoms with Gasteiger partial charge >= 0.3 is 6.09 Å². The standard InChI is InChI=1S/C29H49N3O4/c1-9-11-15-19-32(27(34)24(20-21(3)4)31-28(35)36-29(6,7)8)25(26(33)30-18-12-10-2)23-17-14-13-16-22(23)5/h13-14,16-17,21,24-25H,9-12,15,18-20H2,1-8H3,(H,30,33)(H,31,35). The second kappa shape index (κ2) is 15.5. The van der Waals surface area contributed by atoms with E-state index in [9.17, 15) is 14.4 Å². The van der Waals surface area contributed by atoms with Crippen LogP contribution in [0.4, 0.5) is 4.79 Å². The van der Waals surface area contributed by atoms with Gasteiger partial charge in [-0.1, -0.05) is 71.2 Å². The van der Waals surface area contributed by atoms with Gasteiger partial charge in [-0.25, -0.2) is 4.79 Å². The highest BCUT2D eigenvalue weighted by Gasteiger charge is 2.36. The van der Waals surface area contributed by atoms with Gasteiger partial charge in [-0.15, -0.1) is 0 Å². The highest BCUT2D eigenvalue weighted by Crippen LogP contribution is 2.27. The molecule has 0 spiro atoms. The summed E-state index contributed by atoms with van der Waals surface area (Å²) in [5.41, 5.74) is 1.07. The first-order valence-electron chi connectivity index (χ1n) is 13.5. The SMILES string of the molecule is CCCCCN(C(=O)C(CC(C)C)NC(=O)OC(C)(C)C)C(C(=O)NCCCC)c1ccccc1C. The van der Waals surface area contributed by atoms with E-state index >= 15 is 0 Å². The molecule has 2 atom stereocenters. The van der Waals surface area contributed by atoms with Crippen molar-refractivity contribution in [2.75, 3.05) is 13.1 Å². The van der Waals surface area contributed by atoms with Crippen LogP contribution in [-0.2, 0) is 14.3 Å². The number of nitrogens with zero attached hydrogens (tertiary/aromatic N) is 1. The lowest BCUT2D eigenvalue weighted by Gasteiger charge is -2.35. The fourth-order valence-electron chi connectivity index (χ4n) is 4.07. The smallest absolute Gasteiger partial charge is 0.408 e. The van der Waals surface area contributed by atoms with E-state index in [1.165, 1.54) is 0 Å². The molecular weight excluding hydrogens is 454 g/mol. The molecule has 0 aromatic heterocycles. The molecule has 1 aromatic carbocycles. The zero-order valence-electron chi connectivity index (χ0n) is 23.8. The van der Waals surface area contributed by atoms with Crippen molar-refractivity contribution in [1.29, 1.82) is 0 Å². The number of hydrogen-bond donors (Lipinski definition) is 2. The number of nitrogens with one attached hydrogen (secondary N) is 2. The largest absolute Gasteiger partial charge is 0.444 e. The average molecular weight is 504 g/mol. The van der Waals surface area contributed by atoms with E-state index in [1.807, 2.05) is 45.0 Å². The summed E-state index contributed by atoms with van der Waals surface area (Å²) in [4.78, 5) is 42.0. The lowest BCUT2D eigenvalue weighted by molar-refractivity contribution is -0.143. The van der Waals surface area contributed by atoms with E-state index < -0.39 is 23.8 Å². The van der Waals surface area contributed by atoms with Crippen LogP contribution >= 0.6 is 0 Å². The predicted octanol–water partition coefficient (Wildman–Crippen LogP) is 5.91. The Kier molecular flexibility index (Phi) is 13.6. The third kappa shape index (κ3) is 11.0. The number of rotatable bonds is 14. The summed E-state index contributed by atoms with van der Waals surface area (Å²) in [5, 5.41) is 5.85. The minimum Gasteiger partial charge on any atom is -0.444 e. The van der Waals surface area contributed by atoms with Crippen molar-refractivity contribution in [3.8, 4) is 0 Å². The molecule has 0 saturated carbocycles. The van der Waals surface area contributed by atoms with Gasteiger partial charge in [0.05, 0.1) is 0 Å². The van der Waals surface area contributed by atoms with Gasteiger partial charge in [-0.3, -0.25) is 9.59 Å². The number of carbonyl (C=O) groups excluding carboxylic acids is 3. The van der Waals surface area contributed by atoms with Gasteiger partial charge in [0.15, 0.2) is 0 Å². The number of amides is 3. The zero-order valence-corrected chi connectivity index (χ0v) is 23.8. The van der Waals surface area contributed by atoms with Crippen LogP contribution in [0.25, 0.3) is 0 Å². The van der Waals surface area contributed by atoms with Crippen LogP contribution in [0.2, 0.25) is 0 Å². The molecule has 1 rings (SSSR count). The number of unbranched alkanes of at least 4 members (excludes halogenated alkanes) is 3. The van der Waals surface area contributed by atoms with Crippen molar-refractivity contribution in [1.82, 2.24) is 15.5 Å². The summed E-state index contributed by atoms with van der Waals surface area (Å²) in [6, 6.07) is 6.13. The van der Waals surface area contributed by atoms with Gasteiger partial charge in [-0.05, 0) is 64.0 Å². The van der Waals surface area contributed by atoms with E-state index in [2.05, 4.69) is 24.5 Å². The Balaban J connectivity index is 3.45. The van der Waals surface area contributed by atoms with Gasteiger partial charge in [0.25, 0.3) is 0 Å². The maximum atomic E-state index is 14.1. The first kappa shape index (κ1) is 31.5. The normalized spacial score (nSPS) is 13.1. The predicted molar refractivity (Wildman–Crippen MR) is 146 cm³/mol. The lowest BCUT2D eigenvalue weighted by atomic mass is 9.96. The number of hydrogen-bond acceptors (Lipinski definition) is 4. The third-order valence-corrected chi connectivity index (χ3v) is 5.85. The van der Waals surface area contributed by atoms with Crippen molar-refractivity contribution in [2.45, 2.75) is 112 Å². The first-order valence-corrected chi connectivity index (χ1v) is 13.5. The second-order valence-electron chi connectivity index (χ2n) is 11.0. The van der Waals surface area contributed by atoms with Crippen molar-refractivity contribution >= 4 is 17.9 Å². The molecule has 3 amide bonds. The molecule has 0 aliphatic carbocycles. The molecular formula is C29H49N3O4. The zero-order chi connectivity index (χ0) is 27.3. The Morgan fingerprint density at radius 1 is 1.00 bits per heavy atom. The van der Waals surface area contributed by atoms with Gasteiger partial charge in [0.2, 0.25) is 11.8 Å². The summed E-state index contributed by atoms with van der Waals surface area (Å²) >= 11 is 0. The van der Waals surface area contributed by atoms with Crippen molar-refractivity contribution < 1.29 is 19.1 Å². The fraction of sp³-hybridized carbons (Fsp3) is 0.690. The summed E-state index contributed by atoms with van der Waals surface area (Å²) in [7, 11) is 0. The average Bonchev–Trinajstić information content (AvgIpc) is 2.77. The number of alkyl carbamates (subject to hydrolysis) is 1. The van der Waals surface area contributed by atoms with Crippen molar-refractivity contribution in [3.63, 3.8) is 0 Å². The highest BCUT2D eigenvalue weighted by atomic mass is 16.6. The van der Waals surface area contributed by atoms with E-state index in [4.69, 9.17) is 4.74 Å². The van der Waals surface area contributed by atoms with Gasteiger partial charge in [0.1, 0.15) is 17.7 Å². The number of benzene rings is 1. The number of aryl methyl sites for hydroxylation is 1. The Hall–Kier alpha value is -2.57. The van der Waals surface area contributed by atoms with Gasteiger partial charge in [0, 0.05) is 13.1 Å². The molecule has 204 valence electrons. The minimum absolute atomic E-state index is 0.154. The van der Waals surface area contributed by atoms with Crippen molar-refractivity contribution in [2.24, 2.45) is 5.92 Å². The van der Waals surface area contributed by atoms with Crippen LogP contribution in [0.3, 0.4) is 0 Å². The monoisotopic (exact) mass is 503 g/mol. The maximum Gasteiger partial charge on any atom is 0.408 e. The number of ether oxygens (including phenoxy) is 1. The van der Waals surface area contributed by atoms with Crippen LogP contribution in [-0.4, -0.2) is 47.5 Å². The molecule has 36 heavy (non-hydrogen) atoms. The van der Waals surface area contributed by atoms with Crippen LogP contribution in [0.5, 0.6) is 0 Å². The fourth-order valence-corrected chi connectivity index (χ4v) is 4.07. The van der Waals surface area contributed by atoms with Crippen LogP contribution in [0.15, 0.2) is 24.3 Å². The lowest BCUT2D eigenvalue weighted by Crippen LogP contribution is -2.53. The molecule has 0 heterocycles. The number of carbonyl (C=O) groups is 3. The molecule has 7 nitrogen and oxygen atoms in total. The summed E-state index contributed by atoms with van der Waals surface area (Å²) in [6.45, 7) is 16.5. The maximum absolute atomic E-state index is 14.1. The molecule has 0 saturated heterocycles. The molecule has 0 bridgehead atoms. The summed E-state index contributed by atoms with van der Waals surface area (Å²) in [5.74, 6) is -0.297. The van der Waals surface area contributed by atoms with E-state index in [-0.39, 0.29) is 17.7 Å². The Labute approximate surface area is 218 Å². The Morgan fingerprint density at radius 3 is 2.19 bits per heavy atom. The quantitative estimate of drug-likeness (QED) is 0.309. The summed E-state index contributed by atoms with van der Waals surface area (Å²) < 4.78 is 5.46. The molecule has 1 aromatic rings. The van der Waals surface area contributed by atoms with Crippen LogP contribution in [0, 0.1) is 12.8 Å². The Morgan fingerprint density at radius 2 is 1.64 bits per heavy atom. The van der Waals surface area contributed by atoms with Crippen LogP contribution < -0.4 is 10.6 Å². The van der Waals surface area contributed by atoms with E-state index in [0.29, 0.717) is 19.5 Å². The summed E-state index contributed by atoms with van der Waals surface area (Å²) in [6.07, 6.45) is 4.35. The molecule has 0 radical (unpaired) electrons. The van der Waals surface area contributed by atoms with Gasteiger partial charge in [-0.2, -0.15) is 0 Å². The topological polar surface area (TPSA) is 87.7 Å². The molecule has 0 aliphatic rings. The molecule has 2 N–H and O–H groups in total. The highest BCUT2D eigenvalue weighted by molar-refractivity contribution is 5.92. The second-order valence-corrected chi connectivity index (χ2v) is 11.0. The van der Waals surface area contributed by atoms with E-state index in [0.717, 1.165) is 43.2 Å². The molecule has 2 unspecified atom stereocenters. The molecule has 0 fully saturated rings. The Bertz CT molecular complexity index is 832. The van der Waals surface area contributed by atoms with Crippen molar-refractivity contribution in [3.05, 3.63) is 35.4 Å².